The van der Waals surface area contributed by atoms with Crippen molar-refractivity contribution >= 4 is 5.91 Å². The summed E-state index contributed by atoms with van der Waals surface area (Å²) in [6.45, 7) is 8.92. The molecule has 1 atom stereocenters. The third kappa shape index (κ3) is 3.71. The zero-order valence-corrected chi connectivity index (χ0v) is 17.2. The van der Waals surface area contributed by atoms with E-state index in [0.29, 0.717) is 6.42 Å². The summed E-state index contributed by atoms with van der Waals surface area (Å²) in [5.41, 5.74) is 4.76. The molecule has 4 rings (SSSR count). The van der Waals surface area contributed by atoms with Gasteiger partial charge in [-0.2, -0.15) is 5.10 Å². The van der Waals surface area contributed by atoms with Crippen molar-refractivity contribution in [2.45, 2.75) is 45.2 Å². The topological polar surface area (TPSA) is 53.4 Å². The van der Waals surface area contributed by atoms with Gasteiger partial charge in [-0.3, -0.25) is 14.6 Å². The molecule has 1 amide bonds. The monoisotopic (exact) mass is 381 g/mol. The lowest BCUT2D eigenvalue weighted by molar-refractivity contribution is -0.121. The van der Waals surface area contributed by atoms with Crippen LogP contribution >= 0.6 is 0 Å². The van der Waals surface area contributed by atoms with Crippen LogP contribution < -0.4 is 5.32 Å². The molecule has 28 heavy (non-hydrogen) atoms. The van der Waals surface area contributed by atoms with E-state index in [1.807, 2.05) is 6.92 Å². The summed E-state index contributed by atoms with van der Waals surface area (Å²) < 4.78 is 2.06. The number of aromatic nitrogens is 2. The van der Waals surface area contributed by atoms with Gasteiger partial charge in [-0.1, -0.05) is 18.2 Å². The Kier molecular flexibility index (Phi) is 5.25. The van der Waals surface area contributed by atoms with Crippen LogP contribution in [0.2, 0.25) is 0 Å². The molecule has 0 saturated carbocycles. The number of rotatable bonds is 3. The Labute approximate surface area is 167 Å². The van der Waals surface area contributed by atoms with Crippen molar-refractivity contribution in [2.75, 3.05) is 33.2 Å². The molecule has 0 bridgehead atoms. The zero-order chi connectivity index (χ0) is 19.7. The van der Waals surface area contributed by atoms with Gasteiger partial charge in [0.1, 0.15) is 0 Å². The fraction of sp³-hybridized carbons (Fsp3) is 0.545. The van der Waals surface area contributed by atoms with Crippen LogP contribution in [-0.2, 0) is 11.3 Å². The molecule has 1 aromatic heterocycles. The summed E-state index contributed by atoms with van der Waals surface area (Å²) in [5, 5.41) is 7.74. The second-order valence-electron chi connectivity index (χ2n) is 8.42. The number of piperazine rings is 1. The van der Waals surface area contributed by atoms with E-state index in [2.05, 4.69) is 64.1 Å². The molecule has 0 aliphatic carbocycles. The highest BCUT2D eigenvalue weighted by Crippen LogP contribution is 2.31. The van der Waals surface area contributed by atoms with Crippen molar-refractivity contribution in [3.8, 4) is 5.69 Å². The molecule has 0 radical (unpaired) electrons. The second-order valence-corrected chi connectivity index (χ2v) is 8.42. The first kappa shape index (κ1) is 19.2. The minimum atomic E-state index is 0.0879. The van der Waals surface area contributed by atoms with Gasteiger partial charge in [0, 0.05) is 50.4 Å². The molecule has 1 aromatic carbocycles. The van der Waals surface area contributed by atoms with Gasteiger partial charge in [0.25, 0.3) is 0 Å². The molecular weight excluding hydrogens is 350 g/mol. The van der Waals surface area contributed by atoms with Crippen LogP contribution in [0.3, 0.4) is 0 Å². The van der Waals surface area contributed by atoms with Crippen molar-refractivity contribution in [2.24, 2.45) is 0 Å². The van der Waals surface area contributed by atoms with Gasteiger partial charge in [-0.25, -0.2) is 4.68 Å². The van der Waals surface area contributed by atoms with Crippen molar-refractivity contribution < 1.29 is 4.79 Å². The van der Waals surface area contributed by atoms with Crippen molar-refractivity contribution in [3.05, 3.63) is 47.3 Å². The minimum Gasteiger partial charge on any atom is -0.356 e. The van der Waals surface area contributed by atoms with Crippen LogP contribution in [0.25, 0.3) is 5.69 Å². The number of carbonyl (C=O) groups is 1. The molecule has 2 fully saturated rings. The summed E-state index contributed by atoms with van der Waals surface area (Å²) in [5.74, 6) is 0.192. The summed E-state index contributed by atoms with van der Waals surface area (Å²) in [6.07, 6.45) is 2.58. The number of hydrogen-bond acceptors (Lipinski definition) is 4. The van der Waals surface area contributed by atoms with Crippen LogP contribution in [-0.4, -0.2) is 64.3 Å². The van der Waals surface area contributed by atoms with Gasteiger partial charge in [0.2, 0.25) is 5.91 Å². The van der Waals surface area contributed by atoms with E-state index in [-0.39, 0.29) is 11.4 Å². The molecule has 1 N–H and O–H groups in total. The van der Waals surface area contributed by atoms with E-state index in [0.717, 1.165) is 57.0 Å². The largest absolute Gasteiger partial charge is 0.356 e. The Balaban J connectivity index is 1.57. The number of para-hydroxylation sites is 1. The third-order valence-electron chi connectivity index (χ3n) is 6.43. The van der Waals surface area contributed by atoms with Crippen molar-refractivity contribution in [1.82, 2.24) is 24.9 Å². The number of carbonyl (C=O) groups excluding carboxylic acids is 1. The lowest BCUT2D eigenvalue weighted by Gasteiger charge is -2.49. The number of likely N-dealkylation sites (N-methyl/N-ethyl adjacent to an activating group) is 1. The van der Waals surface area contributed by atoms with Gasteiger partial charge in [-0.15, -0.1) is 0 Å². The lowest BCUT2D eigenvalue weighted by atomic mass is 9.86. The summed E-state index contributed by atoms with van der Waals surface area (Å²) in [7, 11) is 2.22. The van der Waals surface area contributed by atoms with Crippen LogP contribution in [0, 0.1) is 13.8 Å². The highest BCUT2D eigenvalue weighted by atomic mass is 16.1. The number of hydrogen-bond donors (Lipinski definition) is 1. The fourth-order valence-electron chi connectivity index (χ4n) is 4.78. The van der Waals surface area contributed by atoms with E-state index in [1.165, 1.54) is 11.3 Å². The molecule has 2 aromatic rings. The Morgan fingerprint density at radius 2 is 2.00 bits per heavy atom. The third-order valence-corrected chi connectivity index (χ3v) is 6.43. The number of nitrogens with one attached hydrogen (secondary N) is 1. The molecule has 150 valence electrons. The normalized spacial score (nSPS) is 24.3. The molecule has 3 heterocycles. The fourth-order valence-corrected chi connectivity index (χ4v) is 4.78. The lowest BCUT2D eigenvalue weighted by Crippen LogP contribution is -2.60. The molecule has 1 spiro atoms. The molecule has 6 nitrogen and oxygen atoms in total. The Bertz CT molecular complexity index is 860. The molecular formula is C22H31N5O. The first-order valence-corrected chi connectivity index (χ1v) is 10.3. The zero-order valence-electron chi connectivity index (χ0n) is 17.2. The number of nitrogens with zero attached hydrogens (tertiary/aromatic N) is 4. The smallest absolute Gasteiger partial charge is 0.220 e. The Morgan fingerprint density at radius 3 is 2.79 bits per heavy atom. The number of amides is 1. The Hall–Kier alpha value is -2.18. The van der Waals surface area contributed by atoms with Crippen molar-refractivity contribution in [3.63, 3.8) is 0 Å². The van der Waals surface area contributed by atoms with Gasteiger partial charge in [0.15, 0.2) is 0 Å². The molecule has 2 aliphatic rings. The van der Waals surface area contributed by atoms with Gasteiger partial charge >= 0.3 is 0 Å². The maximum absolute atomic E-state index is 11.9. The molecule has 2 aliphatic heterocycles. The first-order valence-electron chi connectivity index (χ1n) is 10.3. The van der Waals surface area contributed by atoms with E-state index in [4.69, 9.17) is 5.10 Å². The SMILES string of the molecule is Cc1cc(C)n(-c2ccccc2CN2CCN(C)[C@@]3(CCNC(=O)CC3)C2)n1. The standard InChI is InChI=1S/C22H31N5O/c1-17-14-18(2)27(24-17)20-7-5-4-6-19(20)15-26-13-12-25(3)22(16-26)9-8-21(28)23-11-10-22/h4-7,14H,8-13,15-16H2,1-3H3,(H,23,28)/t22-/m0/s1. The van der Waals surface area contributed by atoms with Crippen LogP contribution in [0.1, 0.15) is 36.2 Å². The van der Waals surface area contributed by atoms with E-state index in [9.17, 15) is 4.79 Å². The quantitative estimate of drug-likeness (QED) is 0.886. The summed E-state index contributed by atoms with van der Waals surface area (Å²) in [6, 6.07) is 10.7. The highest BCUT2D eigenvalue weighted by Gasteiger charge is 2.40. The van der Waals surface area contributed by atoms with Gasteiger partial charge < -0.3 is 5.32 Å². The van der Waals surface area contributed by atoms with Crippen LogP contribution in [0.5, 0.6) is 0 Å². The predicted octanol–water partition coefficient (Wildman–Crippen LogP) is 2.28. The molecule has 6 heteroatoms. The van der Waals surface area contributed by atoms with Gasteiger partial charge in [-0.05, 0) is 51.4 Å². The van der Waals surface area contributed by atoms with Crippen molar-refractivity contribution in [1.29, 1.82) is 0 Å². The maximum atomic E-state index is 11.9. The highest BCUT2D eigenvalue weighted by molar-refractivity contribution is 5.76. The molecule has 0 unspecified atom stereocenters. The number of aryl methyl sites for hydroxylation is 2. The summed E-state index contributed by atoms with van der Waals surface area (Å²) >= 11 is 0. The van der Waals surface area contributed by atoms with Crippen LogP contribution in [0.4, 0.5) is 0 Å². The van der Waals surface area contributed by atoms with Crippen LogP contribution in [0.15, 0.2) is 30.3 Å². The number of benzene rings is 1. The van der Waals surface area contributed by atoms with E-state index < -0.39 is 0 Å². The van der Waals surface area contributed by atoms with Gasteiger partial charge in [0.05, 0.1) is 11.4 Å². The second kappa shape index (κ2) is 7.68. The van der Waals surface area contributed by atoms with E-state index in [1.54, 1.807) is 0 Å². The predicted molar refractivity (Wildman–Crippen MR) is 111 cm³/mol. The maximum Gasteiger partial charge on any atom is 0.220 e. The first-order chi connectivity index (χ1) is 13.5. The summed E-state index contributed by atoms with van der Waals surface area (Å²) in [4.78, 5) is 16.9. The Morgan fingerprint density at radius 1 is 1.18 bits per heavy atom. The average molecular weight is 382 g/mol. The average Bonchev–Trinajstić information content (AvgIpc) is 2.89. The minimum absolute atomic E-state index is 0.0879. The van der Waals surface area contributed by atoms with E-state index >= 15 is 0 Å². The molecule has 2 saturated heterocycles.